The molecule has 2 rings (SSSR count). The van der Waals surface area contributed by atoms with Gasteiger partial charge in [-0.2, -0.15) is 0 Å². The summed E-state index contributed by atoms with van der Waals surface area (Å²) in [5, 5.41) is 9.27. The van der Waals surface area contributed by atoms with Gasteiger partial charge >= 0.3 is 0 Å². The van der Waals surface area contributed by atoms with Gasteiger partial charge in [0.1, 0.15) is 5.75 Å². The average molecular weight is 226 g/mol. The van der Waals surface area contributed by atoms with Crippen molar-refractivity contribution in [3.05, 3.63) is 24.3 Å². The molecule has 82 valence electrons. The van der Waals surface area contributed by atoms with Crippen LogP contribution in [0.15, 0.2) is 29.2 Å². The standard InChI is InChI=1S/C11H14O3S/c1-13-9-2-4-10(5-3-9)15-11(6-12)7-14-8-11/h2-5,12H,6-8H2,1H3. The molecule has 1 fully saturated rings. The third-order valence-electron chi connectivity index (χ3n) is 2.41. The molecule has 1 N–H and O–H groups in total. The Balaban J connectivity index is 2.03. The highest BCUT2D eigenvalue weighted by molar-refractivity contribution is 8.00. The first-order chi connectivity index (χ1) is 7.28. The van der Waals surface area contributed by atoms with Gasteiger partial charge in [-0.3, -0.25) is 0 Å². The van der Waals surface area contributed by atoms with E-state index in [-0.39, 0.29) is 11.4 Å². The van der Waals surface area contributed by atoms with Crippen LogP contribution in [-0.2, 0) is 4.74 Å². The monoisotopic (exact) mass is 226 g/mol. The SMILES string of the molecule is COc1ccc(SC2(CO)COC2)cc1. The van der Waals surface area contributed by atoms with Crippen molar-refractivity contribution in [2.24, 2.45) is 0 Å². The zero-order valence-electron chi connectivity index (χ0n) is 8.60. The van der Waals surface area contributed by atoms with Gasteiger partial charge in [-0.25, -0.2) is 0 Å². The van der Waals surface area contributed by atoms with E-state index in [1.165, 1.54) is 0 Å². The minimum atomic E-state index is -0.130. The van der Waals surface area contributed by atoms with E-state index < -0.39 is 0 Å². The van der Waals surface area contributed by atoms with Crippen LogP contribution in [0.25, 0.3) is 0 Å². The number of aliphatic hydroxyl groups is 1. The molecular weight excluding hydrogens is 212 g/mol. The third-order valence-corrected chi connectivity index (χ3v) is 3.72. The summed E-state index contributed by atoms with van der Waals surface area (Å²) in [6.07, 6.45) is 0. The maximum absolute atomic E-state index is 9.27. The number of methoxy groups -OCH3 is 1. The van der Waals surface area contributed by atoms with Gasteiger partial charge in [0.15, 0.2) is 0 Å². The molecule has 0 bridgehead atoms. The first-order valence-corrected chi connectivity index (χ1v) is 5.61. The summed E-state index contributed by atoms with van der Waals surface area (Å²) in [6, 6.07) is 7.85. The fourth-order valence-electron chi connectivity index (χ4n) is 1.41. The molecule has 0 radical (unpaired) electrons. The average Bonchev–Trinajstić information content (AvgIpc) is 2.24. The van der Waals surface area contributed by atoms with Crippen LogP contribution < -0.4 is 4.74 Å². The Labute approximate surface area is 93.4 Å². The Bertz CT molecular complexity index is 314. The van der Waals surface area contributed by atoms with Gasteiger partial charge in [-0.15, -0.1) is 11.8 Å². The van der Waals surface area contributed by atoms with E-state index >= 15 is 0 Å². The van der Waals surface area contributed by atoms with Crippen molar-refractivity contribution in [1.29, 1.82) is 0 Å². The molecule has 1 aliphatic heterocycles. The summed E-state index contributed by atoms with van der Waals surface area (Å²) >= 11 is 1.67. The van der Waals surface area contributed by atoms with E-state index in [4.69, 9.17) is 9.47 Å². The first-order valence-electron chi connectivity index (χ1n) is 4.80. The summed E-state index contributed by atoms with van der Waals surface area (Å²) in [5.41, 5.74) is 0. The zero-order chi connectivity index (χ0) is 10.7. The lowest BCUT2D eigenvalue weighted by molar-refractivity contribution is -0.0318. The number of ether oxygens (including phenoxy) is 2. The molecule has 1 saturated heterocycles. The van der Waals surface area contributed by atoms with Gasteiger partial charge in [-0.05, 0) is 24.3 Å². The van der Waals surface area contributed by atoms with E-state index in [0.29, 0.717) is 13.2 Å². The number of hydrogen-bond acceptors (Lipinski definition) is 4. The summed E-state index contributed by atoms with van der Waals surface area (Å²) < 4.78 is 10.1. The molecular formula is C11H14O3S. The molecule has 1 aliphatic rings. The van der Waals surface area contributed by atoms with Crippen LogP contribution in [0.4, 0.5) is 0 Å². The van der Waals surface area contributed by atoms with Crippen molar-refractivity contribution in [3.8, 4) is 5.75 Å². The molecule has 1 aromatic rings. The third kappa shape index (κ3) is 2.27. The Hall–Kier alpha value is -0.710. The molecule has 0 amide bonds. The quantitative estimate of drug-likeness (QED) is 0.845. The second kappa shape index (κ2) is 4.43. The van der Waals surface area contributed by atoms with Crippen LogP contribution in [-0.4, -0.2) is 36.8 Å². The van der Waals surface area contributed by atoms with Gasteiger partial charge < -0.3 is 14.6 Å². The topological polar surface area (TPSA) is 38.7 Å². The summed E-state index contributed by atoms with van der Waals surface area (Å²) in [4.78, 5) is 1.13. The number of aliphatic hydroxyl groups excluding tert-OH is 1. The maximum Gasteiger partial charge on any atom is 0.118 e. The maximum atomic E-state index is 9.27. The Morgan fingerprint density at radius 1 is 1.40 bits per heavy atom. The molecule has 4 heteroatoms. The van der Waals surface area contributed by atoms with E-state index in [2.05, 4.69) is 0 Å². The van der Waals surface area contributed by atoms with Crippen molar-refractivity contribution in [2.75, 3.05) is 26.9 Å². The highest BCUT2D eigenvalue weighted by atomic mass is 32.2. The minimum Gasteiger partial charge on any atom is -0.497 e. The van der Waals surface area contributed by atoms with Crippen LogP contribution >= 0.6 is 11.8 Å². The Morgan fingerprint density at radius 3 is 2.47 bits per heavy atom. The number of thioether (sulfide) groups is 1. The van der Waals surface area contributed by atoms with Crippen LogP contribution in [0.2, 0.25) is 0 Å². The van der Waals surface area contributed by atoms with Crippen molar-refractivity contribution in [3.63, 3.8) is 0 Å². The van der Waals surface area contributed by atoms with Gasteiger partial charge in [0.05, 0.1) is 31.7 Å². The van der Waals surface area contributed by atoms with Gasteiger partial charge in [0, 0.05) is 4.90 Å². The zero-order valence-corrected chi connectivity index (χ0v) is 9.42. The van der Waals surface area contributed by atoms with Crippen LogP contribution in [0.3, 0.4) is 0 Å². The molecule has 0 atom stereocenters. The molecule has 3 nitrogen and oxygen atoms in total. The molecule has 1 heterocycles. The minimum absolute atomic E-state index is 0.130. The fourth-order valence-corrected chi connectivity index (χ4v) is 2.53. The molecule has 0 aromatic heterocycles. The van der Waals surface area contributed by atoms with Gasteiger partial charge in [0.25, 0.3) is 0 Å². The van der Waals surface area contributed by atoms with Gasteiger partial charge in [0.2, 0.25) is 0 Å². The van der Waals surface area contributed by atoms with E-state index in [9.17, 15) is 5.11 Å². The molecule has 0 unspecified atom stereocenters. The number of benzene rings is 1. The largest absolute Gasteiger partial charge is 0.497 e. The highest BCUT2D eigenvalue weighted by Gasteiger charge is 2.39. The van der Waals surface area contributed by atoms with Crippen LogP contribution in [0.1, 0.15) is 0 Å². The molecule has 0 saturated carbocycles. The van der Waals surface area contributed by atoms with Crippen LogP contribution in [0.5, 0.6) is 5.75 Å². The second-order valence-corrected chi connectivity index (χ2v) is 5.15. The lowest BCUT2D eigenvalue weighted by Crippen LogP contribution is -2.49. The summed E-state index contributed by atoms with van der Waals surface area (Å²) in [7, 11) is 1.65. The fraction of sp³-hybridized carbons (Fsp3) is 0.455. The molecule has 0 spiro atoms. The summed E-state index contributed by atoms with van der Waals surface area (Å²) in [6.45, 7) is 1.41. The smallest absolute Gasteiger partial charge is 0.118 e. The highest BCUT2D eigenvalue weighted by Crippen LogP contribution is 2.38. The first kappa shape index (κ1) is 10.8. The predicted octanol–water partition coefficient (Wildman–Crippen LogP) is 1.55. The second-order valence-electron chi connectivity index (χ2n) is 3.61. The lowest BCUT2D eigenvalue weighted by Gasteiger charge is -2.39. The molecule has 0 aliphatic carbocycles. The van der Waals surface area contributed by atoms with E-state index in [1.54, 1.807) is 18.9 Å². The van der Waals surface area contributed by atoms with Crippen molar-refractivity contribution in [2.45, 2.75) is 9.64 Å². The molecule has 1 aromatic carbocycles. The Kier molecular flexibility index (Phi) is 3.19. The predicted molar refractivity (Wildman–Crippen MR) is 59.5 cm³/mol. The van der Waals surface area contributed by atoms with Gasteiger partial charge in [-0.1, -0.05) is 0 Å². The number of hydrogen-bond donors (Lipinski definition) is 1. The lowest BCUT2D eigenvalue weighted by atomic mass is 10.1. The van der Waals surface area contributed by atoms with Crippen molar-refractivity contribution >= 4 is 11.8 Å². The normalized spacial score (nSPS) is 18.3. The van der Waals surface area contributed by atoms with Crippen molar-refractivity contribution < 1.29 is 14.6 Å². The van der Waals surface area contributed by atoms with E-state index in [1.807, 2.05) is 24.3 Å². The Morgan fingerprint density at radius 2 is 2.07 bits per heavy atom. The number of rotatable bonds is 4. The summed E-state index contributed by atoms with van der Waals surface area (Å²) in [5.74, 6) is 0.849. The van der Waals surface area contributed by atoms with Crippen LogP contribution in [0, 0.1) is 0 Å². The van der Waals surface area contributed by atoms with Crippen molar-refractivity contribution in [1.82, 2.24) is 0 Å². The molecule has 15 heavy (non-hydrogen) atoms. The van der Waals surface area contributed by atoms with E-state index in [0.717, 1.165) is 10.6 Å².